The number of hydrogen-bond donors (Lipinski definition) is 0. The van der Waals surface area contributed by atoms with Crippen LogP contribution in [-0.2, 0) is 4.79 Å². The molecule has 2 rings (SSSR count). The molecule has 0 radical (unpaired) electrons. The van der Waals surface area contributed by atoms with Gasteiger partial charge in [-0.2, -0.15) is 0 Å². The van der Waals surface area contributed by atoms with Gasteiger partial charge in [-0.1, -0.05) is 44.2 Å². The maximum atomic E-state index is 11.9. The fourth-order valence-corrected chi connectivity index (χ4v) is 2.10. The van der Waals surface area contributed by atoms with Crippen LogP contribution in [0.4, 0.5) is 0 Å². The first-order chi connectivity index (χ1) is 11.1. The molecule has 0 spiro atoms. The molecule has 2 aromatic rings. The van der Waals surface area contributed by atoms with E-state index in [4.69, 9.17) is 9.47 Å². The van der Waals surface area contributed by atoms with E-state index in [0.717, 1.165) is 5.56 Å². The van der Waals surface area contributed by atoms with E-state index in [0.29, 0.717) is 24.0 Å². The number of benzene rings is 2. The Morgan fingerprint density at radius 1 is 1.09 bits per heavy atom. The highest BCUT2D eigenvalue weighted by atomic mass is 16.5. The van der Waals surface area contributed by atoms with E-state index in [9.17, 15) is 4.79 Å². The van der Waals surface area contributed by atoms with Crippen LogP contribution in [-0.4, -0.2) is 12.6 Å². The summed E-state index contributed by atoms with van der Waals surface area (Å²) in [5.41, 5.74) is 2.24. The zero-order valence-corrected chi connectivity index (χ0v) is 13.8. The lowest BCUT2D eigenvalue weighted by molar-refractivity contribution is -0.128. The molecule has 23 heavy (non-hydrogen) atoms. The van der Waals surface area contributed by atoms with E-state index in [1.54, 1.807) is 24.3 Å². The molecule has 0 bridgehead atoms. The first-order valence-electron chi connectivity index (χ1n) is 7.81. The van der Waals surface area contributed by atoms with Crippen LogP contribution in [0.2, 0.25) is 0 Å². The van der Waals surface area contributed by atoms with Gasteiger partial charge in [0.2, 0.25) is 0 Å². The summed E-state index contributed by atoms with van der Waals surface area (Å²) in [4.78, 5) is 11.9. The second-order valence-corrected chi connectivity index (χ2v) is 5.48. The van der Waals surface area contributed by atoms with Crippen LogP contribution < -0.4 is 9.47 Å². The Morgan fingerprint density at radius 3 is 2.43 bits per heavy atom. The Kier molecular flexibility index (Phi) is 5.98. The van der Waals surface area contributed by atoms with Gasteiger partial charge in [-0.25, -0.2) is 4.79 Å². The van der Waals surface area contributed by atoms with E-state index in [1.165, 1.54) is 11.6 Å². The van der Waals surface area contributed by atoms with Gasteiger partial charge in [0.05, 0.1) is 6.61 Å². The Balaban J connectivity index is 1.97. The van der Waals surface area contributed by atoms with Crippen LogP contribution in [0.1, 0.15) is 37.8 Å². The van der Waals surface area contributed by atoms with Gasteiger partial charge in [-0.05, 0) is 42.2 Å². The SMILES string of the molecule is CCOc1cccc(OC(=O)/C=C/c2ccc(C(C)C)cc2)c1. The Bertz CT molecular complexity index is 670. The predicted octanol–water partition coefficient (Wildman–Crippen LogP) is 4.83. The molecule has 0 aliphatic carbocycles. The van der Waals surface area contributed by atoms with Crippen molar-refractivity contribution >= 4 is 12.0 Å². The van der Waals surface area contributed by atoms with Crippen molar-refractivity contribution in [1.29, 1.82) is 0 Å². The van der Waals surface area contributed by atoms with Gasteiger partial charge in [0.1, 0.15) is 11.5 Å². The number of hydrogen-bond acceptors (Lipinski definition) is 3. The molecular formula is C20H22O3. The second-order valence-electron chi connectivity index (χ2n) is 5.48. The van der Waals surface area contributed by atoms with Gasteiger partial charge in [0.25, 0.3) is 0 Å². The Labute approximate surface area is 137 Å². The third-order valence-corrected chi connectivity index (χ3v) is 3.35. The van der Waals surface area contributed by atoms with Crippen LogP contribution in [0.5, 0.6) is 11.5 Å². The van der Waals surface area contributed by atoms with Crippen LogP contribution in [0.15, 0.2) is 54.6 Å². The zero-order chi connectivity index (χ0) is 16.7. The lowest BCUT2D eigenvalue weighted by Crippen LogP contribution is -2.03. The van der Waals surface area contributed by atoms with Gasteiger partial charge in [-0.3, -0.25) is 0 Å². The summed E-state index contributed by atoms with van der Waals surface area (Å²) in [6, 6.07) is 15.2. The first-order valence-corrected chi connectivity index (χ1v) is 7.81. The Morgan fingerprint density at radius 2 is 1.78 bits per heavy atom. The monoisotopic (exact) mass is 310 g/mol. The maximum Gasteiger partial charge on any atom is 0.336 e. The minimum absolute atomic E-state index is 0.411. The molecule has 0 aromatic heterocycles. The first kappa shape index (κ1) is 16.8. The minimum atomic E-state index is -0.411. The summed E-state index contributed by atoms with van der Waals surface area (Å²) in [6.07, 6.45) is 3.18. The van der Waals surface area contributed by atoms with Gasteiger partial charge in [0, 0.05) is 12.1 Å². The molecule has 0 unspecified atom stereocenters. The number of esters is 1. The number of carbonyl (C=O) groups is 1. The summed E-state index contributed by atoms with van der Waals surface area (Å²) >= 11 is 0. The molecule has 0 aliphatic heterocycles. The van der Waals surface area contributed by atoms with Crippen LogP contribution in [0, 0.1) is 0 Å². The third-order valence-electron chi connectivity index (χ3n) is 3.35. The quantitative estimate of drug-likeness (QED) is 0.435. The minimum Gasteiger partial charge on any atom is -0.494 e. The molecule has 3 heteroatoms. The normalized spacial score (nSPS) is 11.0. The standard InChI is InChI=1S/C20H22O3/c1-4-22-18-6-5-7-19(14-18)23-20(21)13-10-16-8-11-17(12-9-16)15(2)3/h5-15H,4H2,1-3H3/b13-10+. The molecule has 0 N–H and O–H groups in total. The number of carbonyl (C=O) groups excluding carboxylic acids is 1. The topological polar surface area (TPSA) is 35.5 Å². The summed E-state index contributed by atoms with van der Waals surface area (Å²) in [5.74, 6) is 1.24. The van der Waals surface area contributed by atoms with Gasteiger partial charge in [0.15, 0.2) is 0 Å². The van der Waals surface area contributed by atoms with Gasteiger partial charge < -0.3 is 9.47 Å². The predicted molar refractivity (Wildman–Crippen MR) is 92.8 cm³/mol. The molecule has 0 atom stereocenters. The molecule has 0 amide bonds. The number of ether oxygens (including phenoxy) is 2. The van der Waals surface area contributed by atoms with E-state index >= 15 is 0 Å². The smallest absolute Gasteiger partial charge is 0.336 e. The van der Waals surface area contributed by atoms with E-state index in [2.05, 4.69) is 26.0 Å². The fourth-order valence-electron chi connectivity index (χ4n) is 2.10. The average molecular weight is 310 g/mol. The molecule has 0 saturated heterocycles. The number of rotatable bonds is 6. The zero-order valence-electron chi connectivity index (χ0n) is 13.8. The highest BCUT2D eigenvalue weighted by Gasteiger charge is 2.03. The molecule has 3 nitrogen and oxygen atoms in total. The van der Waals surface area contributed by atoms with Crippen molar-refractivity contribution in [2.24, 2.45) is 0 Å². The summed E-state index contributed by atoms with van der Waals surface area (Å²) < 4.78 is 10.7. The summed E-state index contributed by atoms with van der Waals surface area (Å²) in [7, 11) is 0. The van der Waals surface area contributed by atoms with Crippen molar-refractivity contribution in [2.75, 3.05) is 6.61 Å². The summed E-state index contributed by atoms with van der Waals surface area (Å²) in [6.45, 7) is 6.78. The van der Waals surface area contributed by atoms with Gasteiger partial charge in [-0.15, -0.1) is 0 Å². The van der Waals surface area contributed by atoms with Crippen molar-refractivity contribution in [3.8, 4) is 11.5 Å². The highest BCUT2D eigenvalue weighted by Crippen LogP contribution is 2.20. The van der Waals surface area contributed by atoms with Crippen LogP contribution in [0.25, 0.3) is 6.08 Å². The van der Waals surface area contributed by atoms with Crippen molar-refractivity contribution in [3.05, 3.63) is 65.7 Å². The van der Waals surface area contributed by atoms with Crippen LogP contribution >= 0.6 is 0 Å². The van der Waals surface area contributed by atoms with E-state index < -0.39 is 5.97 Å². The van der Waals surface area contributed by atoms with Crippen molar-refractivity contribution in [3.63, 3.8) is 0 Å². The van der Waals surface area contributed by atoms with Crippen LogP contribution in [0.3, 0.4) is 0 Å². The van der Waals surface area contributed by atoms with Crippen molar-refractivity contribution in [2.45, 2.75) is 26.7 Å². The molecule has 0 fully saturated rings. The fraction of sp³-hybridized carbons (Fsp3) is 0.250. The third kappa shape index (κ3) is 5.29. The summed E-state index contributed by atoms with van der Waals surface area (Å²) in [5, 5.41) is 0. The van der Waals surface area contributed by atoms with Gasteiger partial charge >= 0.3 is 5.97 Å². The molecule has 2 aromatic carbocycles. The van der Waals surface area contributed by atoms with E-state index in [-0.39, 0.29) is 0 Å². The lowest BCUT2D eigenvalue weighted by Gasteiger charge is -2.06. The molecular weight excluding hydrogens is 288 g/mol. The largest absolute Gasteiger partial charge is 0.494 e. The molecule has 0 heterocycles. The molecule has 0 aliphatic rings. The van der Waals surface area contributed by atoms with Crippen molar-refractivity contribution in [1.82, 2.24) is 0 Å². The second kappa shape index (κ2) is 8.18. The molecule has 120 valence electrons. The Hall–Kier alpha value is -2.55. The maximum absolute atomic E-state index is 11.9. The van der Waals surface area contributed by atoms with E-state index in [1.807, 2.05) is 25.1 Å². The average Bonchev–Trinajstić information content (AvgIpc) is 2.54. The van der Waals surface area contributed by atoms with Crippen molar-refractivity contribution < 1.29 is 14.3 Å². The molecule has 0 saturated carbocycles. The lowest BCUT2D eigenvalue weighted by atomic mass is 10.0. The highest BCUT2D eigenvalue weighted by molar-refractivity contribution is 5.88.